The number of hydrogen-bond acceptors (Lipinski definition) is 8. The molecule has 0 saturated heterocycles. The third-order valence-corrected chi connectivity index (χ3v) is 4.21. The normalized spacial score (nSPS) is 14.5. The van der Waals surface area contributed by atoms with Crippen LogP contribution in [0.2, 0.25) is 0 Å². The van der Waals surface area contributed by atoms with Gasteiger partial charge in [-0.3, -0.25) is 24.0 Å². The van der Waals surface area contributed by atoms with Crippen molar-refractivity contribution in [1.82, 2.24) is 16.0 Å². The molecule has 4 unspecified atom stereocenters. The Balaban J connectivity index is 5.24. The van der Waals surface area contributed by atoms with Crippen LogP contribution in [0.15, 0.2) is 0 Å². The Labute approximate surface area is 184 Å². The van der Waals surface area contributed by atoms with Crippen LogP contribution >= 0.6 is 0 Å². The van der Waals surface area contributed by atoms with Crippen molar-refractivity contribution < 1.29 is 39.0 Å². The van der Waals surface area contributed by atoms with Crippen LogP contribution in [0.4, 0.5) is 0 Å². The first-order chi connectivity index (χ1) is 14.8. The third kappa shape index (κ3) is 11.2. The molecule has 14 heteroatoms. The molecule has 0 aromatic carbocycles. The van der Waals surface area contributed by atoms with E-state index in [2.05, 4.69) is 16.0 Å². The highest BCUT2D eigenvalue weighted by molar-refractivity contribution is 5.96. The summed E-state index contributed by atoms with van der Waals surface area (Å²) in [4.78, 5) is 70.4. The fraction of sp³-hybridized carbons (Fsp3) is 0.667. The molecule has 0 aromatic heterocycles. The monoisotopic (exact) mass is 460 g/mol. The number of nitrogens with one attached hydrogen (secondary N) is 3. The van der Waals surface area contributed by atoms with Crippen LogP contribution in [0.3, 0.4) is 0 Å². The Kier molecular flexibility index (Phi) is 12.5. The molecule has 4 atom stereocenters. The van der Waals surface area contributed by atoms with Crippen LogP contribution in [-0.4, -0.2) is 76.5 Å². The number of aliphatic hydroxyl groups excluding tert-OH is 1. The average molecular weight is 460 g/mol. The lowest BCUT2D eigenvalue weighted by Gasteiger charge is -2.24. The molecule has 0 fully saturated rings. The van der Waals surface area contributed by atoms with E-state index in [1.807, 2.05) is 0 Å². The predicted molar refractivity (Wildman–Crippen MR) is 110 cm³/mol. The molecule has 0 heterocycles. The highest BCUT2D eigenvalue weighted by Gasteiger charge is 2.31. The van der Waals surface area contributed by atoms with Crippen LogP contribution in [0.5, 0.6) is 0 Å². The minimum absolute atomic E-state index is 0.0625. The number of carboxylic acids is 1. The van der Waals surface area contributed by atoms with E-state index in [1.54, 1.807) is 13.8 Å². The van der Waals surface area contributed by atoms with Gasteiger partial charge in [-0.2, -0.15) is 0 Å². The molecule has 0 aliphatic carbocycles. The third-order valence-electron chi connectivity index (χ3n) is 4.21. The number of nitrogens with two attached hydrogens (primary N) is 3. The molecular formula is C18H32N6O8. The summed E-state index contributed by atoms with van der Waals surface area (Å²) in [6.45, 7) is 2.61. The maximum Gasteiger partial charge on any atom is 0.326 e. The van der Waals surface area contributed by atoms with Crippen molar-refractivity contribution in [3.8, 4) is 0 Å². The molecule has 0 radical (unpaired) electrons. The minimum Gasteiger partial charge on any atom is -0.480 e. The summed E-state index contributed by atoms with van der Waals surface area (Å²) >= 11 is 0. The number of amides is 5. The summed E-state index contributed by atoms with van der Waals surface area (Å²) in [5.74, 6) is -5.88. The zero-order valence-corrected chi connectivity index (χ0v) is 18.0. The number of aliphatic hydroxyl groups is 1. The Hall–Kier alpha value is -3.26. The van der Waals surface area contributed by atoms with Crippen LogP contribution in [0.25, 0.3) is 0 Å². The van der Waals surface area contributed by atoms with E-state index in [9.17, 15) is 39.0 Å². The summed E-state index contributed by atoms with van der Waals surface area (Å²) in [5.41, 5.74) is 15.7. The lowest BCUT2D eigenvalue weighted by molar-refractivity contribution is -0.143. The van der Waals surface area contributed by atoms with Crippen molar-refractivity contribution in [2.24, 2.45) is 23.1 Å². The van der Waals surface area contributed by atoms with Gasteiger partial charge in [0.1, 0.15) is 18.1 Å². The first kappa shape index (κ1) is 28.7. The maximum absolute atomic E-state index is 12.5. The fourth-order valence-electron chi connectivity index (χ4n) is 2.55. The quantitative estimate of drug-likeness (QED) is 0.118. The second kappa shape index (κ2) is 13.9. The molecule has 0 aliphatic rings. The Morgan fingerprint density at radius 2 is 1.31 bits per heavy atom. The Morgan fingerprint density at radius 1 is 0.812 bits per heavy atom. The zero-order chi connectivity index (χ0) is 25.0. The van der Waals surface area contributed by atoms with Crippen LogP contribution in [-0.2, 0) is 28.8 Å². The second-order valence-corrected chi connectivity index (χ2v) is 7.62. The van der Waals surface area contributed by atoms with Crippen LogP contribution < -0.4 is 33.2 Å². The number of carboxylic acid groups (broad SMARTS) is 1. The summed E-state index contributed by atoms with van der Waals surface area (Å²) in [6.07, 6.45) is -0.836. The molecular weight excluding hydrogens is 428 g/mol. The first-order valence-electron chi connectivity index (χ1n) is 9.85. The number of carbonyl (C=O) groups is 6. The average Bonchev–Trinajstić information content (AvgIpc) is 2.67. The van der Waals surface area contributed by atoms with Crippen molar-refractivity contribution in [3.05, 3.63) is 0 Å². The summed E-state index contributed by atoms with van der Waals surface area (Å²) < 4.78 is 0. The highest BCUT2D eigenvalue weighted by Crippen LogP contribution is 2.05. The standard InChI is InChI=1S/C18H32N6O8/c1-8(2)5-11(18(31)32)23-17(30)12(7-25)24-16(29)10(6-14(21)27)22-15(28)9(19)3-4-13(20)26/h8-12,25H,3-7,19H2,1-2H3,(H2,20,26)(H2,21,27)(H,22,28)(H,23,30)(H,24,29)(H,31,32). The number of hydrogen-bond donors (Lipinski definition) is 8. The van der Waals surface area contributed by atoms with E-state index >= 15 is 0 Å². The van der Waals surface area contributed by atoms with Crippen molar-refractivity contribution in [1.29, 1.82) is 0 Å². The van der Waals surface area contributed by atoms with E-state index in [0.29, 0.717) is 0 Å². The van der Waals surface area contributed by atoms with E-state index in [1.165, 1.54) is 0 Å². The van der Waals surface area contributed by atoms with Crippen molar-refractivity contribution in [2.45, 2.75) is 63.7 Å². The van der Waals surface area contributed by atoms with Gasteiger partial charge >= 0.3 is 5.97 Å². The largest absolute Gasteiger partial charge is 0.480 e. The number of rotatable bonds is 15. The molecule has 0 aliphatic heterocycles. The van der Waals surface area contributed by atoms with Gasteiger partial charge in [0, 0.05) is 6.42 Å². The molecule has 32 heavy (non-hydrogen) atoms. The zero-order valence-electron chi connectivity index (χ0n) is 18.0. The molecule has 0 rings (SSSR count). The topological polar surface area (TPSA) is 257 Å². The number of carbonyl (C=O) groups excluding carboxylic acids is 5. The number of aliphatic carboxylic acids is 1. The SMILES string of the molecule is CC(C)CC(NC(=O)C(CO)NC(=O)C(CC(N)=O)NC(=O)C(N)CCC(N)=O)C(=O)O. The number of primary amides is 2. The van der Waals surface area contributed by atoms with Crippen molar-refractivity contribution >= 4 is 35.5 Å². The maximum atomic E-state index is 12.5. The van der Waals surface area contributed by atoms with E-state index in [4.69, 9.17) is 17.2 Å². The molecule has 11 N–H and O–H groups in total. The van der Waals surface area contributed by atoms with Gasteiger partial charge in [-0.05, 0) is 18.8 Å². The van der Waals surface area contributed by atoms with E-state index < -0.39 is 72.7 Å². The summed E-state index contributed by atoms with van der Waals surface area (Å²) in [6, 6.07) is -5.56. The van der Waals surface area contributed by atoms with Crippen molar-refractivity contribution in [3.63, 3.8) is 0 Å². The molecule has 5 amide bonds. The van der Waals surface area contributed by atoms with Gasteiger partial charge < -0.3 is 43.4 Å². The van der Waals surface area contributed by atoms with E-state index in [0.717, 1.165) is 0 Å². The van der Waals surface area contributed by atoms with Crippen LogP contribution in [0, 0.1) is 5.92 Å². The van der Waals surface area contributed by atoms with Crippen molar-refractivity contribution in [2.75, 3.05) is 6.61 Å². The summed E-state index contributed by atoms with van der Waals surface area (Å²) in [5, 5.41) is 25.2. The molecule has 0 saturated carbocycles. The van der Waals surface area contributed by atoms with Gasteiger partial charge in [-0.1, -0.05) is 13.8 Å². The second-order valence-electron chi connectivity index (χ2n) is 7.62. The van der Waals surface area contributed by atoms with E-state index in [-0.39, 0.29) is 25.2 Å². The van der Waals surface area contributed by atoms with Gasteiger partial charge in [-0.15, -0.1) is 0 Å². The van der Waals surface area contributed by atoms with Gasteiger partial charge in [0.2, 0.25) is 29.5 Å². The van der Waals surface area contributed by atoms with Gasteiger partial charge in [0.15, 0.2) is 0 Å². The molecule has 14 nitrogen and oxygen atoms in total. The predicted octanol–water partition coefficient (Wildman–Crippen LogP) is -3.97. The Morgan fingerprint density at radius 3 is 1.75 bits per heavy atom. The summed E-state index contributed by atoms with van der Waals surface area (Å²) in [7, 11) is 0. The molecule has 0 bridgehead atoms. The van der Waals surface area contributed by atoms with Crippen LogP contribution in [0.1, 0.15) is 39.5 Å². The van der Waals surface area contributed by atoms with Gasteiger partial charge in [0.05, 0.1) is 19.1 Å². The van der Waals surface area contributed by atoms with Gasteiger partial charge in [-0.25, -0.2) is 4.79 Å². The molecule has 0 spiro atoms. The molecule has 182 valence electrons. The van der Waals surface area contributed by atoms with Gasteiger partial charge in [0.25, 0.3) is 0 Å². The minimum atomic E-state index is -1.56. The Bertz CT molecular complexity index is 714. The smallest absolute Gasteiger partial charge is 0.326 e. The lowest BCUT2D eigenvalue weighted by Crippen LogP contribution is -2.58. The first-order valence-corrected chi connectivity index (χ1v) is 9.85. The highest BCUT2D eigenvalue weighted by atomic mass is 16.4. The fourth-order valence-corrected chi connectivity index (χ4v) is 2.55. The molecule has 0 aromatic rings. The lowest BCUT2D eigenvalue weighted by atomic mass is 10.0.